The molecule has 10 heteroatoms. The number of amides is 3. The van der Waals surface area contributed by atoms with Crippen molar-refractivity contribution >= 4 is 39.9 Å². The second-order valence-electron chi connectivity index (χ2n) is 7.42. The van der Waals surface area contributed by atoms with Gasteiger partial charge in [-0.25, -0.2) is 0 Å². The molecule has 0 aliphatic rings. The van der Waals surface area contributed by atoms with Gasteiger partial charge in [0.1, 0.15) is 10.8 Å². The summed E-state index contributed by atoms with van der Waals surface area (Å²) in [6, 6.07) is 13.6. The van der Waals surface area contributed by atoms with Crippen molar-refractivity contribution in [2.45, 2.75) is 32.6 Å². The van der Waals surface area contributed by atoms with Crippen LogP contribution in [-0.4, -0.2) is 41.6 Å². The van der Waals surface area contributed by atoms with Gasteiger partial charge in [0.25, 0.3) is 11.8 Å². The fourth-order valence-electron chi connectivity index (χ4n) is 2.99. The molecule has 0 unspecified atom stereocenters. The molecule has 34 heavy (non-hydrogen) atoms. The van der Waals surface area contributed by atoms with Crippen molar-refractivity contribution in [2.75, 3.05) is 24.3 Å². The highest BCUT2D eigenvalue weighted by atomic mass is 32.1. The maximum Gasteiger partial charge on any atom is 0.257 e. The van der Waals surface area contributed by atoms with Gasteiger partial charge in [-0.05, 0) is 48.9 Å². The van der Waals surface area contributed by atoms with Gasteiger partial charge in [0, 0.05) is 36.2 Å². The predicted octanol–water partition coefficient (Wildman–Crippen LogP) is 3.90. The minimum Gasteiger partial charge on any atom is -0.497 e. The van der Waals surface area contributed by atoms with Crippen LogP contribution < -0.4 is 20.7 Å². The SMILES string of the molecule is CCCCC(=O)Nc1ccc(C(=O)Nc2nnc(CCNC(=O)c3cccc(OC)c3)s2)cc1. The molecule has 0 saturated heterocycles. The van der Waals surface area contributed by atoms with Crippen LogP contribution in [0.4, 0.5) is 10.8 Å². The lowest BCUT2D eigenvalue weighted by Crippen LogP contribution is -2.25. The lowest BCUT2D eigenvalue weighted by atomic mass is 10.2. The fourth-order valence-corrected chi connectivity index (χ4v) is 3.72. The molecule has 3 amide bonds. The molecular formula is C24H27N5O4S. The van der Waals surface area contributed by atoms with E-state index in [2.05, 4.69) is 26.1 Å². The molecule has 0 saturated carbocycles. The van der Waals surface area contributed by atoms with Gasteiger partial charge in [-0.15, -0.1) is 10.2 Å². The van der Waals surface area contributed by atoms with Gasteiger partial charge in [0.15, 0.2) is 0 Å². The predicted molar refractivity (Wildman–Crippen MR) is 131 cm³/mol. The minimum absolute atomic E-state index is 0.0416. The molecular weight excluding hydrogens is 454 g/mol. The number of nitrogens with one attached hydrogen (secondary N) is 3. The van der Waals surface area contributed by atoms with E-state index in [1.807, 2.05) is 6.92 Å². The summed E-state index contributed by atoms with van der Waals surface area (Å²) in [5.41, 5.74) is 1.59. The maximum atomic E-state index is 12.5. The van der Waals surface area contributed by atoms with E-state index >= 15 is 0 Å². The summed E-state index contributed by atoms with van der Waals surface area (Å²) in [5.74, 6) is 0.0449. The minimum atomic E-state index is -0.321. The van der Waals surface area contributed by atoms with Crippen molar-refractivity contribution in [3.8, 4) is 5.75 Å². The number of unbranched alkanes of at least 4 members (excludes halogenated alkanes) is 1. The van der Waals surface area contributed by atoms with Crippen LogP contribution in [0.2, 0.25) is 0 Å². The van der Waals surface area contributed by atoms with E-state index in [1.165, 1.54) is 11.3 Å². The van der Waals surface area contributed by atoms with Crippen LogP contribution in [0, 0.1) is 0 Å². The second-order valence-corrected chi connectivity index (χ2v) is 8.48. The number of anilines is 2. The third-order valence-electron chi connectivity index (χ3n) is 4.83. The largest absolute Gasteiger partial charge is 0.497 e. The number of hydrogen-bond donors (Lipinski definition) is 3. The molecule has 0 atom stereocenters. The van der Waals surface area contributed by atoms with Gasteiger partial charge in [0.05, 0.1) is 7.11 Å². The maximum absolute atomic E-state index is 12.5. The molecule has 0 radical (unpaired) electrons. The van der Waals surface area contributed by atoms with Crippen LogP contribution in [0.3, 0.4) is 0 Å². The molecule has 3 N–H and O–H groups in total. The molecule has 9 nitrogen and oxygen atoms in total. The first-order valence-corrected chi connectivity index (χ1v) is 11.8. The average Bonchev–Trinajstić information content (AvgIpc) is 3.30. The van der Waals surface area contributed by atoms with E-state index in [-0.39, 0.29) is 17.7 Å². The Hall–Kier alpha value is -3.79. The van der Waals surface area contributed by atoms with Gasteiger partial charge >= 0.3 is 0 Å². The summed E-state index contributed by atoms with van der Waals surface area (Å²) >= 11 is 1.25. The number of nitrogens with zero attached hydrogens (tertiary/aromatic N) is 2. The molecule has 1 heterocycles. The third-order valence-corrected chi connectivity index (χ3v) is 5.73. The fraction of sp³-hybridized carbons (Fsp3) is 0.292. The molecule has 1 aromatic heterocycles. The van der Waals surface area contributed by atoms with Crippen LogP contribution in [-0.2, 0) is 11.2 Å². The van der Waals surface area contributed by atoms with E-state index in [9.17, 15) is 14.4 Å². The summed E-state index contributed by atoms with van der Waals surface area (Å²) in [5, 5.41) is 17.5. The van der Waals surface area contributed by atoms with Crippen molar-refractivity contribution in [3.05, 3.63) is 64.7 Å². The Morgan fingerprint density at radius 2 is 1.76 bits per heavy atom. The van der Waals surface area contributed by atoms with Gasteiger partial charge < -0.3 is 15.4 Å². The smallest absolute Gasteiger partial charge is 0.257 e. The Morgan fingerprint density at radius 3 is 2.50 bits per heavy atom. The van der Waals surface area contributed by atoms with E-state index < -0.39 is 0 Å². The summed E-state index contributed by atoms with van der Waals surface area (Å²) in [7, 11) is 1.55. The van der Waals surface area contributed by atoms with Crippen molar-refractivity contribution < 1.29 is 19.1 Å². The number of carbonyl (C=O) groups is 3. The summed E-state index contributed by atoms with van der Waals surface area (Å²) < 4.78 is 5.13. The third kappa shape index (κ3) is 7.38. The van der Waals surface area contributed by atoms with E-state index in [1.54, 1.807) is 55.6 Å². The lowest BCUT2D eigenvalue weighted by Gasteiger charge is -2.06. The van der Waals surface area contributed by atoms with Gasteiger partial charge in [-0.3, -0.25) is 19.7 Å². The van der Waals surface area contributed by atoms with Crippen LogP contribution in [0.15, 0.2) is 48.5 Å². The zero-order chi connectivity index (χ0) is 24.3. The first-order chi connectivity index (χ1) is 16.5. The highest BCUT2D eigenvalue weighted by Gasteiger charge is 2.12. The quantitative estimate of drug-likeness (QED) is 0.382. The topological polar surface area (TPSA) is 122 Å². The van der Waals surface area contributed by atoms with Crippen molar-refractivity contribution in [3.63, 3.8) is 0 Å². The summed E-state index contributed by atoms with van der Waals surface area (Å²) in [4.78, 5) is 36.6. The number of carbonyl (C=O) groups excluding carboxylic acids is 3. The molecule has 2 aromatic carbocycles. The van der Waals surface area contributed by atoms with E-state index in [0.717, 1.165) is 12.8 Å². The zero-order valence-electron chi connectivity index (χ0n) is 19.1. The zero-order valence-corrected chi connectivity index (χ0v) is 19.9. The van der Waals surface area contributed by atoms with Crippen molar-refractivity contribution in [1.29, 1.82) is 0 Å². The van der Waals surface area contributed by atoms with Gasteiger partial charge in [-0.1, -0.05) is 30.7 Å². The monoisotopic (exact) mass is 481 g/mol. The number of methoxy groups -OCH3 is 1. The average molecular weight is 482 g/mol. The molecule has 0 aliphatic carbocycles. The Labute approximate surface area is 201 Å². The van der Waals surface area contributed by atoms with Crippen LogP contribution >= 0.6 is 11.3 Å². The Balaban J connectivity index is 1.46. The molecule has 3 aromatic rings. The molecule has 0 spiro atoms. The number of benzene rings is 2. The molecule has 178 valence electrons. The summed E-state index contributed by atoms with van der Waals surface area (Å²) in [6.45, 7) is 2.41. The lowest BCUT2D eigenvalue weighted by molar-refractivity contribution is -0.116. The normalized spacial score (nSPS) is 10.4. The van der Waals surface area contributed by atoms with Gasteiger partial charge in [0.2, 0.25) is 11.0 Å². The van der Waals surface area contributed by atoms with Crippen molar-refractivity contribution in [2.24, 2.45) is 0 Å². The molecule has 0 bridgehead atoms. The van der Waals surface area contributed by atoms with Crippen LogP contribution in [0.5, 0.6) is 5.75 Å². The summed E-state index contributed by atoms with van der Waals surface area (Å²) in [6.07, 6.45) is 2.75. The number of aromatic nitrogens is 2. The van der Waals surface area contributed by atoms with Crippen LogP contribution in [0.25, 0.3) is 0 Å². The van der Waals surface area contributed by atoms with E-state index in [0.29, 0.717) is 52.1 Å². The molecule has 0 aliphatic heterocycles. The van der Waals surface area contributed by atoms with E-state index in [4.69, 9.17) is 4.74 Å². The number of ether oxygens (including phenoxy) is 1. The Morgan fingerprint density at radius 1 is 0.971 bits per heavy atom. The Bertz CT molecular complexity index is 1130. The highest BCUT2D eigenvalue weighted by molar-refractivity contribution is 7.15. The standard InChI is InChI=1S/C24H27N5O4S/c1-3-4-8-20(30)26-18-11-9-16(10-12-18)23(32)27-24-29-28-21(34-24)13-14-25-22(31)17-6-5-7-19(15-17)33-2/h5-7,9-12,15H,3-4,8,13-14H2,1-2H3,(H,25,31)(H,26,30)(H,27,29,32). The second kappa shape index (κ2) is 12.4. The first-order valence-electron chi connectivity index (χ1n) is 10.9. The first kappa shape index (κ1) is 24.8. The van der Waals surface area contributed by atoms with Crippen molar-refractivity contribution in [1.82, 2.24) is 15.5 Å². The Kier molecular flexibility index (Phi) is 9.10. The van der Waals surface area contributed by atoms with Gasteiger partial charge in [-0.2, -0.15) is 0 Å². The highest BCUT2D eigenvalue weighted by Crippen LogP contribution is 2.18. The molecule has 3 rings (SSSR count). The molecule has 0 fully saturated rings. The number of hydrogen-bond acceptors (Lipinski definition) is 7. The van der Waals surface area contributed by atoms with Crippen LogP contribution in [0.1, 0.15) is 51.9 Å². The number of rotatable bonds is 11.